The fraction of sp³-hybridized carbons (Fsp3) is 0.556. The molecule has 0 spiro atoms. The number of nitrogens with two attached hydrogens (primary N) is 1. The van der Waals surface area contributed by atoms with Gasteiger partial charge in [-0.1, -0.05) is 0 Å². The molecule has 1 aromatic heterocycles. The second kappa shape index (κ2) is 3.94. The van der Waals surface area contributed by atoms with Crippen LogP contribution in [0.2, 0.25) is 0 Å². The predicted molar refractivity (Wildman–Crippen MR) is 60.9 cm³/mol. The summed E-state index contributed by atoms with van der Waals surface area (Å²) in [5.41, 5.74) is 5.67. The fourth-order valence-corrected chi connectivity index (χ4v) is 1.68. The van der Waals surface area contributed by atoms with E-state index in [9.17, 15) is 0 Å². The maximum absolute atomic E-state index is 5.66. The van der Waals surface area contributed by atoms with Gasteiger partial charge in [0.1, 0.15) is 0 Å². The number of anilines is 1. The number of nitrogens with one attached hydrogen (secondary N) is 1. The van der Waals surface area contributed by atoms with E-state index in [2.05, 4.69) is 31.2 Å². The Bertz CT molecular complexity index is 367. The second-order valence-electron chi connectivity index (χ2n) is 3.66. The highest BCUT2D eigenvalue weighted by atomic mass is 79.9. The second-order valence-corrected chi connectivity index (χ2v) is 4.51. The monoisotopic (exact) mass is 272 g/mol. The average molecular weight is 273 g/mol. The topological polar surface area (TPSA) is 73.1 Å². The number of hydrogen-bond acceptors (Lipinski definition) is 5. The lowest BCUT2D eigenvalue weighted by atomic mass is 10.3. The Balaban J connectivity index is 2.15. The molecule has 6 heteroatoms. The first kappa shape index (κ1) is 10.6. The van der Waals surface area contributed by atoms with Gasteiger partial charge in [-0.15, -0.1) is 0 Å². The Morgan fingerprint density at radius 3 is 2.93 bits per heavy atom. The molecule has 0 saturated heterocycles. The van der Waals surface area contributed by atoms with Crippen molar-refractivity contribution in [3.63, 3.8) is 0 Å². The molecule has 1 aromatic rings. The van der Waals surface area contributed by atoms with Gasteiger partial charge in [-0.25, -0.2) is 4.98 Å². The minimum Gasteiger partial charge on any atom is -0.480 e. The molecule has 2 rings (SSSR count). The molecule has 1 fully saturated rings. The lowest BCUT2D eigenvalue weighted by molar-refractivity contribution is 0.394. The van der Waals surface area contributed by atoms with Crippen LogP contribution in [0.1, 0.15) is 12.8 Å². The SMILES string of the molecule is COc1nc(NC2(CN)CC2)ncc1Br. The van der Waals surface area contributed by atoms with Crippen LogP contribution < -0.4 is 15.8 Å². The van der Waals surface area contributed by atoms with Gasteiger partial charge in [-0.3, -0.25) is 0 Å². The standard InChI is InChI=1S/C9H13BrN4O/c1-15-7-6(10)4-12-8(13-7)14-9(5-11)2-3-9/h4H,2-3,5,11H2,1H3,(H,12,13,14). The highest BCUT2D eigenvalue weighted by Gasteiger charge is 2.41. The highest BCUT2D eigenvalue weighted by molar-refractivity contribution is 9.10. The van der Waals surface area contributed by atoms with Crippen molar-refractivity contribution >= 4 is 21.9 Å². The molecule has 15 heavy (non-hydrogen) atoms. The van der Waals surface area contributed by atoms with Crippen molar-refractivity contribution in [3.05, 3.63) is 10.7 Å². The van der Waals surface area contributed by atoms with Crippen LogP contribution in [0.5, 0.6) is 5.88 Å². The number of halogens is 1. The normalized spacial score (nSPS) is 17.3. The summed E-state index contributed by atoms with van der Waals surface area (Å²) >= 11 is 3.30. The molecule has 1 aliphatic carbocycles. The molecule has 1 saturated carbocycles. The molecule has 82 valence electrons. The molecule has 0 unspecified atom stereocenters. The minimum absolute atomic E-state index is 0.0127. The third kappa shape index (κ3) is 2.21. The summed E-state index contributed by atoms with van der Waals surface area (Å²) in [4.78, 5) is 8.37. The largest absolute Gasteiger partial charge is 0.480 e. The summed E-state index contributed by atoms with van der Waals surface area (Å²) in [7, 11) is 1.58. The molecule has 0 atom stereocenters. The van der Waals surface area contributed by atoms with E-state index in [-0.39, 0.29) is 5.54 Å². The third-order valence-electron chi connectivity index (χ3n) is 2.53. The Morgan fingerprint density at radius 2 is 2.40 bits per heavy atom. The van der Waals surface area contributed by atoms with Crippen LogP contribution in [0.3, 0.4) is 0 Å². The van der Waals surface area contributed by atoms with E-state index in [1.54, 1.807) is 13.3 Å². The van der Waals surface area contributed by atoms with Crippen molar-refractivity contribution in [1.29, 1.82) is 0 Å². The molecular formula is C9H13BrN4O. The molecule has 0 amide bonds. The third-order valence-corrected chi connectivity index (χ3v) is 3.07. The van der Waals surface area contributed by atoms with Crippen molar-refractivity contribution < 1.29 is 4.74 Å². The van der Waals surface area contributed by atoms with Crippen LogP contribution in [0.15, 0.2) is 10.7 Å². The highest BCUT2D eigenvalue weighted by Crippen LogP contribution is 2.37. The van der Waals surface area contributed by atoms with Crippen LogP contribution in [0, 0.1) is 0 Å². The van der Waals surface area contributed by atoms with E-state index in [0.29, 0.717) is 18.4 Å². The Kier molecular flexibility index (Phi) is 2.79. The van der Waals surface area contributed by atoms with Crippen LogP contribution in [0.25, 0.3) is 0 Å². The number of rotatable bonds is 4. The first-order chi connectivity index (χ1) is 7.19. The van der Waals surface area contributed by atoms with Crippen LogP contribution in [-0.2, 0) is 0 Å². The van der Waals surface area contributed by atoms with E-state index in [1.807, 2.05) is 0 Å². The summed E-state index contributed by atoms with van der Waals surface area (Å²) in [5, 5.41) is 3.23. The zero-order valence-corrected chi connectivity index (χ0v) is 10.0. The van der Waals surface area contributed by atoms with Gasteiger partial charge in [0.25, 0.3) is 0 Å². The van der Waals surface area contributed by atoms with Gasteiger partial charge in [0, 0.05) is 6.54 Å². The first-order valence-corrected chi connectivity index (χ1v) is 5.53. The number of aromatic nitrogens is 2. The van der Waals surface area contributed by atoms with Gasteiger partial charge in [0.2, 0.25) is 11.8 Å². The lowest BCUT2D eigenvalue weighted by Gasteiger charge is -2.15. The lowest BCUT2D eigenvalue weighted by Crippen LogP contribution is -2.31. The summed E-state index contributed by atoms with van der Waals surface area (Å²) in [6.45, 7) is 0.606. The summed E-state index contributed by atoms with van der Waals surface area (Å²) in [6, 6.07) is 0. The quantitative estimate of drug-likeness (QED) is 0.861. The molecule has 0 bridgehead atoms. The fourth-order valence-electron chi connectivity index (χ4n) is 1.32. The van der Waals surface area contributed by atoms with Crippen molar-refractivity contribution in [2.75, 3.05) is 19.0 Å². The van der Waals surface area contributed by atoms with Crippen LogP contribution in [0.4, 0.5) is 5.95 Å². The number of methoxy groups -OCH3 is 1. The van der Waals surface area contributed by atoms with Crippen molar-refractivity contribution in [2.45, 2.75) is 18.4 Å². The molecule has 0 radical (unpaired) electrons. The first-order valence-electron chi connectivity index (χ1n) is 4.74. The van der Waals surface area contributed by atoms with Crippen molar-refractivity contribution in [3.8, 4) is 5.88 Å². The Labute approximate surface area is 96.6 Å². The number of hydrogen-bond donors (Lipinski definition) is 2. The van der Waals surface area contributed by atoms with E-state index in [1.165, 1.54) is 0 Å². The van der Waals surface area contributed by atoms with Gasteiger partial charge < -0.3 is 15.8 Å². The predicted octanol–water partition coefficient (Wildman–Crippen LogP) is 1.15. The summed E-state index contributed by atoms with van der Waals surface area (Å²) < 4.78 is 5.83. The number of nitrogens with zero attached hydrogens (tertiary/aromatic N) is 2. The minimum atomic E-state index is 0.0127. The van der Waals surface area contributed by atoms with Crippen LogP contribution >= 0.6 is 15.9 Å². The molecule has 0 aliphatic heterocycles. The van der Waals surface area contributed by atoms with Gasteiger partial charge in [0.15, 0.2) is 0 Å². The summed E-state index contributed by atoms with van der Waals surface area (Å²) in [5.74, 6) is 1.10. The maximum atomic E-state index is 5.66. The smallest absolute Gasteiger partial charge is 0.232 e. The zero-order chi connectivity index (χ0) is 10.9. The van der Waals surface area contributed by atoms with Gasteiger partial charge in [-0.05, 0) is 28.8 Å². The molecule has 1 aliphatic rings. The molecular weight excluding hydrogens is 260 g/mol. The zero-order valence-electron chi connectivity index (χ0n) is 8.46. The summed E-state index contributed by atoms with van der Waals surface area (Å²) in [6.07, 6.45) is 3.82. The van der Waals surface area contributed by atoms with E-state index in [0.717, 1.165) is 17.3 Å². The van der Waals surface area contributed by atoms with Crippen molar-refractivity contribution in [2.24, 2.45) is 5.73 Å². The molecule has 1 heterocycles. The molecule has 5 nitrogen and oxygen atoms in total. The van der Waals surface area contributed by atoms with Crippen molar-refractivity contribution in [1.82, 2.24) is 9.97 Å². The van der Waals surface area contributed by atoms with E-state index in [4.69, 9.17) is 10.5 Å². The van der Waals surface area contributed by atoms with E-state index >= 15 is 0 Å². The van der Waals surface area contributed by atoms with Crippen LogP contribution in [-0.4, -0.2) is 29.2 Å². The van der Waals surface area contributed by atoms with Gasteiger partial charge >= 0.3 is 0 Å². The maximum Gasteiger partial charge on any atom is 0.232 e. The number of ether oxygens (including phenoxy) is 1. The van der Waals surface area contributed by atoms with Gasteiger partial charge in [0.05, 0.1) is 23.3 Å². The Hall–Kier alpha value is -0.880. The molecule has 3 N–H and O–H groups in total. The van der Waals surface area contributed by atoms with Gasteiger partial charge in [-0.2, -0.15) is 4.98 Å². The Morgan fingerprint density at radius 1 is 1.67 bits per heavy atom. The molecule has 0 aromatic carbocycles. The average Bonchev–Trinajstić information content (AvgIpc) is 3.02. The van der Waals surface area contributed by atoms with E-state index < -0.39 is 0 Å².